The number of rotatable bonds is 8. The number of anilines is 1. The molecule has 1 aliphatic carbocycles. The summed E-state index contributed by atoms with van der Waals surface area (Å²) in [7, 11) is -3.66. The fourth-order valence-corrected chi connectivity index (χ4v) is 5.90. The monoisotopic (exact) mass is 532 g/mol. The third kappa shape index (κ3) is 7.86. The van der Waals surface area contributed by atoms with Crippen LogP contribution >= 0.6 is 11.8 Å². The number of nitrogens with one attached hydrogen (secondary N) is 2. The Labute approximate surface area is 207 Å². The predicted molar refractivity (Wildman–Crippen MR) is 129 cm³/mol. The van der Waals surface area contributed by atoms with Gasteiger partial charge in [0.15, 0.2) is 0 Å². The highest BCUT2D eigenvalue weighted by atomic mass is 32.2. The highest BCUT2D eigenvalue weighted by Crippen LogP contribution is 2.39. The third-order valence-electron chi connectivity index (χ3n) is 5.88. The summed E-state index contributed by atoms with van der Waals surface area (Å²) in [5, 5.41) is 2.98. The SMILES string of the molecule is C[C@H](C(=O)NCc1ccc(C(F)(F)F)cc1SC1CCCCC1)c1ccc(NS(C)(=O)=O)c(F)c1. The van der Waals surface area contributed by atoms with E-state index in [1.807, 2.05) is 0 Å². The Kier molecular flexibility index (Phi) is 8.74. The molecule has 5 nitrogen and oxygen atoms in total. The fourth-order valence-electron chi connectivity index (χ4n) is 3.92. The van der Waals surface area contributed by atoms with E-state index in [1.165, 1.54) is 30.0 Å². The summed E-state index contributed by atoms with van der Waals surface area (Å²) >= 11 is 1.43. The van der Waals surface area contributed by atoms with Crippen LogP contribution in [-0.2, 0) is 27.5 Å². The van der Waals surface area contributed by atoms with Gasteiger partial charge in [-0.2, -0.15) is 13.2 Å². The molecule has 0 saturated heterocycles. The van der Waals surface area contributed by atoms with Crippen LogP contribution < -0.4 is 10.0 Å². The Morgan fingerprint density at radius 1 is 1.11 bits per heavy atom. The molecule has 1 fully saturated rings. The number of amides is 1. The second kappa shape index (κ2) is 11.2. The van der Waals surface area contributed by atoms with Crippen LogP contribution in [0.5, 0.6) is 0 Å². The van der Waals surface area contributed by atoms with Gasteiger partial charge in [0.1, 0.15) is 5.82 Å². The highest BCUT2D eigenvalue weighted by Gasteiger charge is 2.31. The van der Waals surface area contributed by atoms with E-state index in [2.05, 4.69) is 10.0 Å². The molecule has 2 aromatic rings. The molecule has 0 heterocycles. The average molecular weight is 533 g/mol. The molecule has 0 bridgehead atoms. The quantitative estimate of drug-likeness (QED) is 0.405. The standard InChI is InChI=1S/C24H28F4N2O3S2/c1-15(16-9-11-21(20(25)12-16)30-35(2,32)33)23(31)29-14-17-8-10-18(24(26,27)28)13-22(17)34-19-6-4-3-5-7-19/h8-13,15,19,30H,3-7,14H2,1-2H3,(H,29,31)/t15-/m0/s1. The fraction of sp³-hybridized carbons (Fsp3) is 0.458. The lowest BCUT2D eigenvalue weighted by atomic mass is 9.99. The van der Waals surface area contributed by atoms with Crippen LogP contribution in [0.2, 0.25) is 0 Å². The molecule has 0 aromatic heterocycles. The van der Waals surface area contributed by atoms with E-state index < -0.39 is 39.4 Å². The Morgan fingerprint density at radius 3 is 2.40 bits per heavy atom. The molecule has 0 radical (unpaired) electrons. The molecule has 3 rings (SSSR count). The minimum Gasteiger partial charge on any atom is -0.351 e. The van der Waals surface area contributed by atoms with Crippen molar-refractivity contribution < 1.29 is 30.8 Å². The molecule has 1 atom stereocenters. The number of halogens is 4. The first-order valence-corrected chi connectivity index (χ1v) is 14.0. The van der Waals surface area contributed by atoms with E-state index >= 15 is 0 Å². The summed E-state index contributed by atoms with van der Waals surface area (Å²) < 4.78 is 78.9. The van der Waals surface area contributed by atoms with E-state index in [0.29, 0.717) is 16.0 Å². The Bertz CT molecular complexity index is 1160. The van der Waals surface area contributed by atoms with Crippen LogP contribution in [0.15, 0.2) is 41.3 Å². The van der Waals surface area contributed by atoms with E-state index in [1.54, 1.807) is 6.92 Å². The molecule has 192 valence electrons. The predicted octanol–water partition coefficient (Wildman–Crippen LogP) is 6.06. The van der Waals surface area contributed by atoms with Gasteiger partial charge in [0, 0.05) is 16.7 Å². The summed E-state index contributed by atoms with van der Waals surface area (Å²) in [6.45, 7) is 1.60. The minimum absolute atomic E-state index is 0.0343. The van der Waals surface area contributed by atoms with Gasteiger partial charge in [-0.1, -0.05) is 31.4 Å². The van der Waals surface area contributed by atoms with E-state index in [9.17, 15) is 30.8 Å². The van der Waals surface area contributed by atoms with Crippen LogP contribution in [0.1, 0.15) is 61.6 Å². The van der Waals surface area contributed by atoms with Crippen molar-refractivity contribution in [2.75, 3.05) is 11.0 Å². The lowest BCUT2D eigenvalue weighted by Crippen LogP contribution is -2.28. The molecule has 0 spiro atoms. The zero-order valence-corrected chi connectivity index (χ0v) is 21.0. The minimum atomic E-state index is -4.46. The first-order valence-electron chi connectivity index (χ1n) is 11.2. The van der Waals surface area contributed by atoms with E-state index in [-0.39, 0.29) is 17.5 Å². The molecule has 11 heteroatoms. The molecule has 2 N–H and O–H groups in total. The first-order chi connectivity index (χ1) is 16.3. The van der Waals surface area contributed by atoms with Crippen LogP contribution in [0, 0.1) is 5.82 Å². The van der Waals surface area contributed by atoms with Gasteiger partial charge in [0.2, 0.25) is 15.9 Å². The van der Waals surface area contributed by atoms with Crippen molar-refractivity contribution in [3.63, 3.8) is 0 Å². The molecule has 1 saturated carbocycles. The maximum atomic E-state index is 14.3. The Balaban J connectivity index is 1.72. The van der Waals surface area contributed by atoms with Crippen molar-refractivity contribution >= 4 is 33.4 Å². The second-order valence-electron chi connectivity index (χ2n) is 8.75. The lowest BCUT2D eigenvalue weighted by Gasteiger charge is -2.23. The van der Waals surface area contributed by atoms with Gasteiger partial charge in [0.05, 0.1) is 23.4 Å². The molecule has 1 amide bonds. The van der Waals surface area contributed by atoms with Crippen LogP contribution in [0.4, 0.5) is 23.2 Å². The van der Waals surface area contributed by atoms with Gasteiger partial charge in [-0.15, -0.1) is 11.8 Å². The van der Waals surface area contributed by atoms with E-state index in [0.717, 1.165) is 56.6 Å². The zero-order chi connectivity index (χ0) is 25.8. The summed E-state index contributed by atoms with van der Waals surface area (Å²) in [6.07, 6.45) is 1.56. The molecular weight excluding hydrogens is 504 g/mol. The second-order valence-corrected chi connectivity index (χ2v) is 11.8. The Morgan fingerprint density at radius 2 is 1.80 bits per heavy atom. The van der Waals surface area contributed by atoms with Crippen molar-refractivity contribution in [2.45, 2.75) is 67.8 Å². The number of sulfonamides is 1. The van der Waals surface area contributed by atoms with Crippen molar-refractivity contribution in [1.82, 2.24) is 5.32 Å². The lowest BCUT2D eigenvalue weighted by molar-refractivity contribution is -0.137. The summed E-state index contributed by atoms with van der Waals surface area (Å²) in [5.74, 6) is -2.01. The van der Waals surface area contributed by atoms with Gasteiger partial charge in [0.25, 0.3) is 0 Å². The topological polar surface area (TPSA) is 75.3 Å². The smallest absolute Gasteiger partial charge is 0.351 e. The van der Waals surface area contributed by atoms with Crippen molar-refractivity contribution in [3.8, 4) is 0 Å². The maximum Gasteiger partial charge on any atom is 0.416 e. The number of hydrogen-bond donors (Lipinski definition) is 2. The highest BCUT2D eigenvalue weighted by molar-refractivity contribution is 8.00. The van der Waals surface area contributed by atoms with Crippen LogP contribution in [-0.4, -0.2) is 25.8 Å². The number of hydrogen-bond acceptors (Lipinski definition) is 4. The van der Waals surface area contributed by atoms with Gasteiger partial charge in [-0.25, -0.2) is 12.8 Å². The summed E-state index contributed by atoms with van der Waals surface area (Å²) in [4.78, 5) is 13.2. The summed E-state index contributed by atoms with van der Waals surface area (Å²) in [6, 6.07) is 7.32. The Hall–Kier alpha value is -2.27. The van der Waals surface area contributed by atoms with Gasteiger partial charge < -0.3 is 5.32 Å². The number of benzene rings is 2. The summed E-state index contributed by atoms with van der Waals surface area (Å²) in [5.41, 5.74) is -0.0215. The molecule has 2 aromatic carbocycles. The molecule has 35 heavy (non-hydrogen) atoms. The average Bonchev–Trinajstić information content (AvgIpc) is 2.78. The van der Waals surface area contributed by atoms with E-state index in [4.69, 9.17) is 0 Å². The molecule has 0 aliphatic heterocycles. The first kappa shape index (κ1) is 27.3. The number of carbonyl (C=O) groups is 1. The molecular formula is C24H28F4N2O3S2. The number of thioether (sulfide) groups is 1. The number of alkyl halides is 3. The largest absolute Gasteiger partial charge is 0.416 e. The van der Waals surface area contributed by atoms with Gasteiger partial charge in [-0.3, -0.25) is 9.52 Å². The van der Waals surface area contributed by atoms with Crippen molar-refractivity contribution in [1.29, 1.82) is 0 Å². The van der Waals surface area contributed by atoms with Crippen LogP contribution in [0.3, 0.4) is 0 Å². The third-order valence-corrected chi connectivity index (χ3v) is 7.90. The molecule has 0 unspecified atom stereocenters. The van der Waals surface area contributed by atoms with Crippen LogP contribution in [0.25, 0.3) is 0 Å². The number of carbonyl (C=O) groups excluding carboxylic acids is 1. The van der Waals surface area contributed by atoms with Crippen molar-refractivity contribution in [2.24, 2.45) is 0 Å². The van der Waals surface area contributed by atoms with Gasteiger partial charge >= 0.3 is 6.18 Å². The molecule has 1 aliphatic rings. The van der Waals surface area contributed by atoms with Gasteiger partial charge in [-0.05, 0) is 55.2 Å². The maximum absolute atomic E-state index is 14.3. The normalized spacial score (nSPS) is 16.1. The van der Waals surface area contributed by atoms with Crippen molar-refractivity contribution in [3.05, 3.63) is 58.9 Å². The zero-order valence-electron chi connectivity index (χ0n) is 19.4.